The lowest BCUT2D eigenvalue weighted by Crippen LogP contribution is -2.39. The zero-order valence-electron chi connectivity index (χ0n) is 11.4. The number of fused-ring (bicyclic) bond motifs is 1. The van der Waals surface area contributed by atoms with Gasteiger partial charge in [-0.05, 0) is 31.9 Å². The van der Waals surface area contributed by atoms with Crippen molar-refractivity contribution in [3.8, 4) is 0 Å². The van der Waals surface area contributed by atoms with Gasteiger partial charge in [-0.2, -0.15) is 0 Å². The highest BCUT2D eigenvalue weighted by atomic mass is 35.5. The maximum absolute atomic E-state index is 12.7. The van der Waals surface area contributed by atoms with Crippen LogP contribution in [0.2, 0.25) is 5.02 Å². The van der Waals surface area contributed by atoms with Gasteiger partial charge in [-0.3, -0.25) is 9.69 Å². The molecule has 2 fully saturated rings. The molecular weight excluding hydrogens is 276 g/mol. The minimum atomic E-state index is -0.0298. The Morgan fingerprint density at radius 2 is 2.15 bits per heavy atom. The van der Waals surface area contributed by atoms with E-state index in [-0.39, 0.29) is 5.91 Å². The van der Waals surface area contributed by atoms with Crippen molar-refractivity contribution in [3.63, 3.8) is 0 Å². The van der Waals surface area contributed by atoms with E-state index in [1.54, 1.807) is 6.07 Å². The van der Waals surface area contributed by atoms with Crippen molar-refractivity contribution in [1.29, 1.82) is 0 Å². The second-order valence-electron chi connectivity index (χ2n) is 5.53. The number of aromatic nitrogens is 1. The zero-order chi connectivity index (χ0) is 14.1. The van der Waals surface area contributed by atoms with E-state index in [9.17, 15) is 4.79 Å². The zero-order valence-corrected chi connectivity index (χ0v) is 12.1. The molecule has 1 unspecified atom stereocenters. The normalized spacial score (nSPS) is 23.4. The molecule has 108 valence electrons. The third-order valence-corrected chi connectivity index (χ3v) is 4.50. The van der Waals surface area contributed by atoms with E-state index >= 15 is 0 Å². The van der Waals surface area contributed by atoms with E-state index in [0.717, 1.165) is 32.6 Å². The molecule has 3 heterocycles. The number of rotatable bonds is 1. The molecule has 0 aromatic carbocycles. The first-order chi connectivity index (χ1) is 9.65. The standard InChI is InChI=1S/C14H19ClN4O/c15-12-8-17-13(16)7-11(12)14(20)19-6-2-5-18-4-1-3-10(18)9-19/h7-8,10H,1-6,9H2,(H2,16,17). The molecule has 5 nitrogen and oxygen atoms in total. The Kier molecular flexibility index (Phi) is 3.81. The van der Waals surface area contributed by atoms with Crippen LogP contribution in [0.5, 0.6) is 0 Å². The number of nitrogens with two attached hydrogens (primary N) is 1. The minimum Gasteiger partial charge on any atom is -0.384 e. The highest BCUT2D eigenvalue weighted by Crippen LogP contribution is 2.24. The van der Waals surface area contributed by atoms with Gasteiger partial charge in [0.05, 0.1) is 10.6 Å². The predicted molar refractivity (Wildman–Crippen MR) is 78.8 cm³/mol. The van der Waals surface area contributed by atoms with Crippen LogP contribution < -0.4 is 5.73 Å². The van der Waals surface area contributed by atoms with Gasteiger partial charge in [0.1, 0.15) is 5.82 Å². The van der Waals surface area contributed by atoms with Crippen LogP contribution in [0.3, 0.4) is 0 Å². The molecule has 0 aliphatic carbocycles. The van der Waals surface area contributed by atoms with Gasteiger partial charge in [-0.25, -0.2) is 4.98 Å². The molecule has 6 heteroatoms. The Morgan fingerprint density at radius 1 is 1.35 bits per heavy atom. The molecule has 3 rings (SSSR count). The average Bonchev–Trinajstić information content (AvgIpc) is 2.78. The fourth-order valence-electron chi connectivity index (χ4n) is 3.18. The Labute approximate surface area is 123 Å². The highest BCUT2D eigenvalue weighted by Gasteiger charge is 2.31. The number of carbonyl (C=O) groups excluding carboxylic acids is 1. The molecule has 0 spiro atoms. The Morgan fingerprint density at radius 3 is 3.00 bits per heavy atom. The third-order valence-electron chi connectivity index (χ3n) is 4.20. The summed E-state index contributed by atoms with van der Waals surface area (Å²) in [6.07, 6.45) is 4.87. The second kappa shape index (κ2) is 5.58. The van der Waals surface area contributed by atoms with Gasteiger partial charge < -0.3 is 10.6 Å². The fourth-order valence-corrected chi connectivity index (χ4v) is 3.36. The van der Waals surface area contributed by atoms with Crippen LogP contribution in [-0.2, 0) is 0 Å². The number of nitrogens with zero attached hydrogens (tertiary/aromatic N) is 3. The maximum atomic E-state index is 12.7. The van der Waals surface area contributed by atoms with Crippen molar-refractivity contribution in [2.24, 2.45) is 0 Å². The van der Waals surface area contributed by atoms with Crippen LogP contribution in [0, 0.1) is 0 Å². The topological polar surface area (TPSA) is 62.5 Å². The van der Waals surface area contributed by atoms with E-state index in [4.69, 9.17) is 17.3 Å². The van der Waals surface area contributed by atoms with Gasteiger partial charge in [0.2, 0.25) is 0 Å². The average molecular weight is 295 g/mol. The van der Waals surface area contributed by atoms with Crippen LogP contribution in [0.4, 0.5) is 5.82 Å². The van der Waals surface area contributed by atoms with Gasteiger partial charge in [-0.1, -0.05) is 11.6 Å². The molecule has 2 saturated heterocycles. The van der Waals surface area contributed by atoms with Gasteiger partial charge >= 0.3 is 0 Å². The molecule has 1 atom stereocenters. The van der Waals surface area contributed by atoms with E-state index in [1.165, 1.54) is 19.0 Å². The quantitative estimate of drug-likeness (QED) is 0.855. The largest absolute Gasteiger partial charge is 0.384 e. The number of hydrogen-bond acceptors (Lipinski definition) is 4. The van der Waals surface area contributed by atoms with Gasteiger partial charge in [0, 0.05) is 31.9 Å². The first-order valence-corrected chi connectivity index (χ1v) is 7.47. The van der Waals surface area contributed by atoms with Crippen molar-refractivity contribution >= 4 is 23.3 Å². The highest BCUT2D eigenvalue weighted by molar-refractivity contribution is 6.33. The summed E-state index contributed by atoms with van der Waals surface area (Å²) in [6, 6.07) is 2.07. The first-order valence-electron chi connectivity index (χ1n) is 7.09. The maximum Gasteiger partial charge on any atom is 0.255 e. The van der Waals surface area contributed by atoms with Crippen molar-refractivity contribution < 1.29 is 4.79 Å². The van der Waals surface area contributed by atoms with Gasteiger partial charge in [0.15, 0.2) is 0 Å². The lowest BCUT2D eigenvalue weighted by Gasteiger charge is -2.26. The first kappa shape index (κ1) is 13.6. The summed E-state index contributed by atoms with van der Waals surface area (Å²) in [5, 5.41) is 0.372. The molecule has 0 saturated carbocycles. The summed E-state index contributed by atoms with van der Waals surface area (Å²) >= 11 is 6.09. The summed E-state index contributed by atoms with van der Waals surface area (Å²) in [5.74, 6) is 0.299. The second-order valence-corrected chi connectivity index (χ2v) is 5.93. The number of nitrogen functional groups attached to an aromatic ring is 1. The molecule has 1 aromatic heterocycles. The van der Waals surface area contributed by atoms with Crippen molar-refractivity contribution in [1.82, 2.24) is 14.8 Å². The molecule has 2 aliphatic heterocycles. The molecular formula is C14H19ClN4O. The number of carbonyl (C=O) groups is 1. The fraction of sp³-hybridized carbons (Fsp3) is 0.571. The SMILES string of the molecule is Nc1cc(C(=O)N2CCCN3CCCC3C2)c(Cl)cn1. The van der Waals surface area contributed by atoms with E-state index in [1.807, 2.05) is 4.90 Å². The number of hydrogen-bond donors (Lipinski definition) is 1. The molecule has 0 radical (unpaired) electrons. The third kappa shape index (κ3) is 2.60. The van der Waals surface area contributed by atoms with Crippen LogP contribution in [0.25, 0.3) is 0 Å². The molecule has 0 bridgehead atoms. The smallest absolute Gasteiger partial charge is 0.255 e. The molecule has 1 amide bonds. The summed E-state index contributed by atoms with van der Waals surface area (Å²) in [7, 11) is 0. The Balaban J connectivity index is 1.80. The van der Waals surface area contributed by atoms with E-state index in [2.05, 4.69) is 9.88 Å². The summed E-state index contributed by atoms with van der Waals surface area (Å²) < 4.78 is 0. The van der Waals surface area contributed by atoms with E-state index in [0.29, 0.717) is 22.4 Å². The summed E-state index contributed by atoms with van der Waals surface area (Å²) in [6.45, 7) is 3.82. The number of pyridine rings is 1. The lowest BCUT2D eigenvalue weighted by molar-refractivity contribution is 0.0743. The van der Waals surface area contributed by atoms with Crippen molar-refractivity contribution in [3.05, 3.63) is 22.8 Å². The van der Waals surface area contributed by atoms with Crippen LogP contribution in [0.1, 0.15) is 29.6 Å². The molecule has 1 aromatic rings. The monoisotopic (exact) mass is 294 g/mol. The molecule has 2 N–H and O–H groups in total. The Hall–Kier alpha value is -1.33. The van der Waals surface area contributed by atoms with Gasteiger partial charge in [0.25, 0.3) is 5.91 Å². The Bertz CT molecular complexity index is 522. The number of amides is 1. The van der Waals surface area contributed by atoms with Crippen molar-refractivity contribution in [2.75, 3.05) is 31.9 Å². The number of anilines is 1. The predicted octanol–water partition coefficient (Wildman–Crippen LogP) is 1.63. The van der Waals surface area contributed by atoms with Crippen molar-refractivity contribution in [2.45, 2.75) is 25.3 Å². The summed E-state index contributed by atoms with van der Waals surface area (Å²) in [5.41, 5.74) is 6.13. The van der Waals surface area contributed by atoms with Crippen LogP contribution in [-0.4, -0.2) is 52.9 Å². The molecule has 20 heavy (non-hydrogen) atoms. The van der Waals surface area contributed by atoms with Gasteiger partial charge in [-0.15, -0.1) is 0 Å². The minimum absolute atomic E-state index is 0.0298. The number of halogens is 1. The van der Waals surface area contributed by atoms with Crippen LogP contribution in [0.15, 0.2) is 12.3 Å². The lowest BCUT2D eigenvalue weighted by atomic mass is 10.1. The van der Waals surface area contributed by atoms with Crippen LogP contribution >= 0.6 is 11.6 Å². The summed E-state index contributed by atoms with van der Waals surface area (Å²) in [4.78, 5) is 21.0. The molecule has 2 aliphatic rings. The van der Waals surface area contributed by atoms with E-state index < -0.39 is 0 Å².